The second-order valence-corrected chi connectivity index (χ2v) is 4.53. The van der Waals surface area contributed by atoms with E-state index < -0.39 is 0 Å². The maximum absolute atomic E-state index is 5.76. The molecule has 90 valence electrons. The monoisotopic (exact) mass is 220 g/mol. The first kappa shape index (κ1) is 13.2. The molecule has 0 fully saturated rings. The normalized spacial score (nSPS) is 12.8. The zero-order valence-corrected chi connectivity index (χ0v) is 10.8. The lowest BCUT2D eigenvalue weighted by Gasteiger charge is -2.08. The van der Waals surface area contributed by atoms with Gasteiger partial charge in [0.05, 0.1) is 0 Å². The van der Waals surface area contributed by atoms with Gasteiger partial charge in [-0.1, -0.05) is 13.8 Å². The van der Waals surface area contributed by atoms with Crippen molar-refractivity contribution in [3.05, 3.63) is 29.1 Å². The average molecular weight is 220 g/mol. The Bertz CT molecular complexity index is 296. The number of rotatable bonds is 6. The number of hydrogen-bond donors (Lipinski definition) is 1. The first-order valence-corrected chi connectivity index (χ1v) is 6.40. The number of aromatic nitrogens is 1. The van der Waals surface area contributed by atoms with E-state index in [-0.39, 0.29) is 0 Å². The van der Waals surface area contributed by atoms with Crippen molar-refractivity contribution >= 4 is 0 Å². The second kappa shape index (κ2) is 6.64. The summed E-state index contributed by atoms with van der Waals surface area (Å²) in [5.74, 6) is 0. The highest BCUT2D eigenvalue weighted by Crippen LogP contribution is 2.11. The molecule has 0 aliphatic rings. The molecule has 1 rings (SSSR count). The molecule has 0 aliphatic carbocycles. The molecular weight excluding hydrogens is 196 g/mol. The molecule has 1 aromatic rings. The fraction of sp³-hybridized carbons (Fsp3) is 0.643. The van der Waals surface area contributed by atoms with Crippen LogP contribution in [0.3, 0.4) is 0 Å². The molecule has 0 saturated heterocycles. The van der Waals surface area contributed by atoms with Crippen molar-refractivity contribution in [1.82, 2.24) is 4.98 Å². The van der Waals surface area contributed by atoms with E-state index in [0.717, 1.165) is 25.7 Å². The van der Waals surface area contributed by atoms with E-state index in [1.54, 1.807) is 0 Å². The summed E-state index contributed by atoms with van der Waals surface area (Å²) in [6, 6.07) is 4.79. The van der Waals surface area contributed by atoms with Crippen LogP contribution in [0.5, 0.6) is 0 Å². The van der Waals surface area contributed by atoms with Crippen molar-refractivity contribution in [2.45, 2.75) is 58.9 Å². The highest BCUT2D eigenvalue weighted by atomic mass is 14.7. The molecular formula is C14H24N2. The standard InChI is InChI=1S/C14H24N2/c1-4-13-9-12(8-6-7-11(3)15)10-14(5-2)16-13/h9-11H,4-8,15H2,1-3H3. The third kappa shape index (κ3) is 4.31. The molecule has 0 amide bonds. The van der Waals surface area contributed by atoms with Gasteiger partial charge in [0.15, 0.2) is 0 Å². The van der Waals surface area contributed by atoms with Gasteiger partial charge in [-0.2, -0.15) is 0 Å². The van der Waals surface area contributed by atoms with Crippen LogP contribution < -0.4 is 5.73 Å². The number of aryl methyl sites for hydroxylation is 3. The first-order valence-electron chi connectivity index (χ1n) is 6.40. The zero-order chi connectivity index (χ0) is 12.0. The van der Waals surface area contributed by atoms with E-state index in [4.69, 9.17) is 5.73 Å². The van der Waals surface area contributed by atoms with Crippen molar-refractivity contribution in [3.8, 4) is 0 Å². The molecule has 0 aliphatic heterocycles. The van der Waals surface area contributed by atoms with E-state index in [0.29, 0.717) is 6.04 Å². The zero-order valence-electron chi connectivity index (χ0n) is 10.8. The Morgan fingerprint density at radius 2 is 1.75 bits per heavy atom. The fourth-order valence-corrected chi connectivity index (χ4v) is 1.85. The number of pyridine rings is 1. The van der Waals surface area contributed by atoms with Crippen LogP contribution in [-0.2, 0) is 19.3 Å². The van der Waals surface area contributed by atoms with Crippen molar-refractivity contribution in [1.29, 1.82) is 0 Å². The summed E-state index contributed by atoms with van der Waals surface area (Å²) in [4.78, 5) is 4.59. The van der Waals surface area contributed by atoms with Gasteiger partial charge in [-0.05, 0) is 56.7 Å². The molecule has 0 saturated carbocycles. The summed E-state index contributed by atoms with van der Waals surface area (Å²) >= 11 is 0. The van der Waals surface area contributed by atoms with Crippen LogP contribution in [0.15, 0.2) is 12.1 Å². The summed E-state index contributed by atoms with van der Waals surface area (Å²) in [5.41, 5.74) is 9.61. The van der Waals surface area contributed by atoms with Gasteiger partial charge in [0.2, 0.25) is 0 Å². The van der Waals surface area contributed by atoms with Crippen molar-refractivity contribution < 1.29 is 0 Å². The number of hydrogen-bond acceptors (Lipinski definition) is 2. The molecule has 2 nitrogen and oxygen atoms in total. The van der Waals surface area contributed by atoms with Gasteiger partial charge in [-0.25, -0.2) is 0 Å². The third-order valence-corrected chi connectivity index (χ3v) is 2.84. The number of nitrogens with zero attached hydrogens (tertiary/aromatic N) is 1. The SMILES string of the molecule is CCc1cc(CCCC(C)N)cc(CC)n1. The van der Waals surface area contributed by atoms with Crippen molar-refractivity contribution in [2.24, 2.45) is 5.73 Å². The molecule has 0 aromatic carbocycles. The Morgan fingerprint density at radius 1 is 1.19 bits per heavy atom. The lowest BCUT2D eigenvalue weighted by molar-refractivity contribution is 0.623. The molecule has 1 heterocycles. The minimum absolute atomic E-state index is 0.318. The van der Waals surface area contributed by atoms with Crippen molar-refractivity contribution in [2.75, 3.05) is 0 Å². The first-order chi connectivity index (χ1) is 7.65. The van der Waals surface area contributed by atoms with Crippen LogP contribution in [0.25, 0.3) is 0 Å². The molecule has 0 bridgehead atoms. The second-order valence-electron chi connectivity index (χ2n) is 4.53. The molecule has 1 aromatic heterocycles. The highest BCUT2D eigenvalue weighted by molar-refractivity contribution is 5.22. The molecule has 1 unspecified atom stereocenters. The van der Waals surface area contributed by atoms with Gasteiger partial charge in [-0.3, -0.25) is 4.98 Å². The molecule has 1 atom stereocenters. The number of nitrogens with two attached hydrogens (primary N) is 1. The van der Waals surface area contributed by atoms with Gasteiger partial charge >= 0.3 is 0 Å². The van der Waals surface area contributed by atoms with E-state index in [1.165, 1.54) is 23.4 Å². The smallest absolute Gasteiger partial charge is 0.0406 e. The highest BCUT2D eigenvalue weighted by Gasteiger charge is 2.01. The fourth-order valence-electron chi connectivity index (χ4n) is 1.85. The van der Waals surface area contributed by atoms with Crippen LogP contribution in [0, 0.1) is 0 Å². The minimum atomic E-state index is 0.318. The maximum Gasteiger partial charge on any atom is 0.0406 e. The predicted octanol–water partition coefficient (Wildman–Crippen LogP) is 2.88. The summed E-state index contributed by atoms with van der Waals surface area (Å²) in [5, 5.41) is 0. The van der Waals surface area contributed by atoms with Crippen molar-refractivity contribution in [3.63, 3.8) is 0 Å². The Morgan fingerprint density at radius 3 is 2.19 bits per heavy atom. The Hall–Kier alpha value is -0.890. The van der Waals surface area contributed by atoms with Gasteiger partial charge in [0.25, 0.3) is 0 Å². The summed E-state index contributed by atoms with van der Waals surface area (Å²) in [6.45, 7) is 6.39. The Kier molecular flexibility index (Phi) is 5.47. The molecule has 0 radical (unpaired) electrons. The van der Waals surface area contributed by atoms with Gasteiger partial charge in [-0.15, -0.1) is 0 Å². The predicted molar refractivity (Wildman–Crippen MR) is 69.6 cm³/mol. The van der Waals surface area contributed by atoms with Crippen LogP contribution in [-0.4, -0.2) is 11.0 Å². The van der Waals surface area contributed by atoms with E-state index in [2.05, 4.69) is 37.9 Å². The van der Waals surface area contributed by atoms with Crippen LogP contribution in [0.4, 0.5) is 0 Å². The summed E-state index contributed by atoms with van der Waals surface area (Å²) in [7, 11) is 0. The topological polar surface area (TPSA) is 38.9 Å². The lowest BCUT2D eigenvalue weighted by Crippen LogP contribution is -2.14. The lowest BCUT2D eigenvalue weighted by atomic mass is 10.0. The molecule has 0 spiro atoms. The molecule has 2 N–H and O–H groups in total. The molecule has 2 heteroatoms. The molecule has 16 heavy (non-hydrogen) atoms. The summed E-state index contributed by atoms with van der Waals surface area (Å²) in [6.07, 6.45) is 5.45. The summed E-state index contributed by atoms with van der Waals surface area (Å²) < 4.78 is 0. The van der Waals surface area contributed by atoms with Gasteiger partial charge in [0.1, 0.15) is 0 Å². The third-order valence-electron chi connectivity index (χ3n) is 2.84. The van der Waals surface area contributed by atoms with E-state index in [1.807, 2.05) is 0 Å². The largest absolute Gasteiger partial charge is 0.328 e. The van der Waals surface area contributed by atoms with Crippen LogP contribution in [0.1, 0.15) is 50.6 Å². The quantitative estimate of drug-likeness (QED) is 0.800. The van der Waals surface area contributed by atoms with Crippen LogP contribution in [0.2, 0.25) is 0 Å². The minimum Gasteiger partial charge on any atom is -0.328 e. The Balaban J connectivity index is 2.64. The van der Waals surface area contributed by atoms with Gasteiger partial charge < -0.3 is 5.73 Å². The maximum atomic E-state index is 5.76. The average Bonchev–Trinajstić information content (AvgIpc) is 2.28. The van der Waals surface area contributed by atoms with Crippen LogP contribution >= 0.6 is 0 Å². The Labute approximate surface area is 99.3 Å². The van der Waals surface area contributed by atoms with E-state index in [9.17, 15) is 0 Å². The van der Waals surface area contributed by atoms with Gasteiger partial charge in [0, 0.05) is 17.4 Å². The van der Waals surface area contributed by atoms with E-state index >= 15 is 0 Å².